The second-order valence-electron chi connectivity index (χ2n) is 5.74. The van der Waals surface area contributed by atoms with Gasteiger partial charge in [0.2, 0.25) is 11.8 Å². The minimum atomic E-state index is -0.527. The highest BCUT2D eigenvalue weighted by molar-refractivity contribution is 6.03. The van der Waals surface area contributed by atoms with E-state index in [1.807, 2.05) is 12.1 Å². The molecule has 0 aliphatic carbocycles. The summed E-state index contributed by atoms with van der Waals surface area (Å²) in [4.78, 5) is 39.8. The van der Waals surface area contributed by atoms with Gasteiger partial charge in [-0.15, -0.1) is 0 Å². The van der Waals surface area contributed by atoms with Crippen LogP contribution in [0, 0.1) is 5.92 Å². The van der Waals surface area contributed by atoms with Gasteiger partial charge in [0.25, 0.3) is 0 Å². The number of ether oxygens (including phenoxy) is 1. The molecule has 2 N–H and O–H groups in total. The fourth-order valence-electron chi connectivity index (χ4n) is 2.82. The molecule has 23 heavy (non-hydrogen) atoms. The number of hydrogen-bond acceptors (Lipinski definition) is 5. The average Bonchev–Trinajstić information content (AvgIpc) is 3.07. The summed E-state index contributed by atoms with van der Waals surface area (Å²) < 4.78 is 5.47. The summed E-state index contributed by atoms with van der Waals surface area (Å²) in [6.45, 7) is 0.826. The zero-order valence-electron chi connectivity index (χ0n) is 12.5. The minimum Gasteiger partial charge on any atom is -0.379 e. The van der Waals surface area contributed by atoms with Crippen molar-refractivity contribution in [2.24, 2.45) is 5.92 Å². The zero-order valence-corrected chi connectivity index (χ0v) is 12.5. The number of carbonyl (C=O) groups excluding carboxylic acids is 3. The van der Waals surface area contributed by atoms with Crippen LogP contribution >= 0.6 is 0 Å². The van der Waals surface area contributed by atoms with Crippen molar-refractivity contribution >= 4 is 17.8 Å². The third-order valence-electron chi connectivity index (χ3n) is 3.99. The second-order valence-corrected chi connectivity index (χ2v) is 5.74. The Balaban J connectivity index is 1.53. The zero-order chi connectivity index (χ0) is 16.2. The highest BCUT2D eigenvalue weighted by atomic mass is 16.5. The average molecular weight is 318 g/mol. The van der Waals surface area contributed by atoms with E-state index in [2.05, 4.69) is 15.6 Å². The van der Waals surface area contributed by atoms with Gasteiger partial charge in [-0.2, -0.15) is 0 Å². The third kappa shape index (κ3) is 3.84. The van der Waals surface area contributed by atoms with Crippen molar-refractivity contribution in [1.82, 2.24) is 20.5 Å². The number of pyridine rings is 1. The fraction of sp³-hybridized carbons (Fsp3) is 0.467. The van der Waals surface area contributed by atoms with Crippen LogP contribution in [0.25, 0.3) is 0 Å². The van der Waals surface area contributed by atoms with E-state index in [4.69, 9.17) is 4.74 Å². The maximum Gasteiger partial charge on any atom is 0.325 e. The number of amides is 4. The van der Waals surface area contributed by atoms with E-state index in [0.29, 0.717) is 13.2 Å². The lowest BCUT2D eigenvalue weighted by atomic mass is 9.95. The molecule has 1 aromatic heterocycles. The van der Waals surface area contributed by atoms with Gasteiger partial charge in [0, 0.05) is 18.3 Å². The molecular weight excluding hydrogens is 300 g/mol. The number of rotatable bonds is 5. The molecule has 3 rings (SSSR count). The van der Waals surface area contributed by atoms with Crippen molar-refractivity contribution in [3.8, 4) is 0 Å². The molecule has 3 heterocycles. The minimum absolute atomic E-state index is 0.0755. The molecule has 0 aromatic carbocycles. The fourth-order valence-corrected chi connectivity index (χ4v) is 2.82. The normalized spacial score (nSPS) is 23.9. The highest BCUT2D eigenvalue weighted by Gasteiger charge is 2.32. The summed E-state index contributed by atoms with van der Waals surface area (Å²) in [5.74, 6) is -0.497. The van der Waals surface area contributed by atoms with E-state index >= 15 is 0 Å². The Morgan fingerprint density at radius 3 is 2.83 bits per heavy atom. The number of nitrogens with zero attached hydrogens (tertiary/aromatic N) is 2. The molecule has 0 bridgehead atoms. The Morgan fingerprint density at radius 1 is 1.35 bits per heavy atom. The molecule has 0 spiro atoms. The molecule has 2 saturated heterocycles. The van der Waals surface area contributed by atoms with E-state index in [-0.39, 0.29) is 36.9 Å². The first-order valence-electron chi connectivity index (χ1n) is 7.46. The van der Waals surface area contributed by atoms with Crippen LogP contribution in [0.2, 0.25) is 0 Å². The molecule has 2 aliphatic rings. The number of hydrogen-bond donors (Lipinski definition) is 2. The van der Waals surface area contributed by atoms with Crippen molar-refractivity contribution in [3.05, 3.63) is 30.1 Å². The van der Waals surface area contributed by atoms with Gasteiger partial charge < -0.3 is 15.0 Å². The number of nitrogens with one attached hydrogen (secondary N) is 2. The predicted octanol–water partition coefficient (Wildman–Crippen LogP) is -0.693. The van der Waals surface area contributed by atoms with Gasteiger partial charge in [-0.3, -0.25) is 19.9 Å². The Kier molecular flexibility index (Phi) is 4.52. The lowest BCUT2D eigenvalue weighted by Crippen LogP contribution is -2.46. The number of imide groups is 1. The summed E-state index contributed by atoms with van der Waals surface area (Å²) >= 11 is 0. The summed E-state index contributed by atoms with van der Waals surface area (Å²) in [7, 11) is 0. The van der Waals surface area contributed by atoms with Crippen LogP contribution in [0.4, 0.5) is 4.79 Å². The second kappa shape index (κ2) is 6.74. The largest absolute Gasteiger partial charge is 0.379 e. The van der Waals surface area contributed by atoms with Crippen molar-refractivity contribution in [2.45, 2.75) is 12.5 Å². The summed E-state index contributed by atoms with van der Waals surface area (Å²) in [6.07, 6.45) is 4.26. The lowest BCUT2D eigenvalue weighted by molar-refractivity contribution is -0.122. The van der Waals surface area contributed by atoms with Crippen LogP contribution in [0.1, 0.15) is 5.56 Å². The first-order valence-corrected chi connectivity index (χ1v) is 7.46. The molecular formula is C15H18N4O4. The monoisotopic (exact) mass is 318 g/mol. The van der Waals surface area contributed by atoms with Crippen molar-refractivity contribution in [1.29, 1.82) is 0 Å². The Morgan fingerprint density at radius 2 is 2.13 bits per heavy atom. The highest BCUT2D eigenvalue weighted by Crippen LogP contribution is 2.19. The Hall–Kier alpha value is -2.48. The van der Waals surface area contributed by atoms with Gasteiger partial charge in [-0.1, -0.05) is 0 Å². The van der Waals surface area contributed by atoms with E-state index in [1.165, 1.54) is 4.90 Å². The van der Waals surface area contributed by atoms with Gasteiger partial charge in [0.15, 0.2) is 0 Å². The molecule has 0 radical (unpaired) electrons. The first-order chi connectivity index (χ1) is 11.1. The van der Waals surface area contributed by atoms with Gasteiger partial charge in [-0.05, 0) is 24.1 Å². The van der Waals surface area contributed by atoms with Crippen molar-refractivity contribution in [2.75, 3.05) is 26.3 Å². The van der Waals surface area contributed by atoms with Crippen LogP contribution in [0.5, 0.6) is 0 Å². The van der Waals surface area contributed by atoms with Gasteiger partial charge >= 0.3 is 6.03 Å². The Labute approximate surface area is 133 Å². The van der Waals surface area contributed by atoms with Gasteiger partial charge in [0.05, 0.1) is 19.3 Å². The number of urea groups is 1. The van der Waals surface area contributed by atoms with E-state index in [0.717, 1.165) is 12.0 Å². The first kappa shape index (κ1) is 15.4. The smallest absolute Gasteiger partial charge is 0.325 e. The quantitative estimate of drug-likeness (QED) is 0.700. The maximum absolute atomic E-state index is 12.1. The molecule has 2 atom stereocenters. The van der Waals surface area contributed by atoms with Crippen LogP contribution in [0.15, 0.2) is 24.5 Å². The predicted molar refractivity (Wildman–Crippen MR) is 79.3 cm³/mol. The SMILES string of the molecule is O=C1CN(CC(=O)N[C@@H]2COC[C@H]2Cc2ccncc2)C(=O)N1. The molecule has 0 saturated carbocycles. The summed E-state index contributed by atoms with van der Waals surface area (Å²) in [5.41, 5.74) is 1.14. The van der Waals surface area contributed by atoms with E-state index in [1.54, 1.807) is 12.4 Å². The Bertz CT molecular complexity index is 607. The summed E-state index contributed by atoms with van der Waals surface area (Å²) in [5, 5.41) is 5.04. The topological polar surface area (TPSA) is 101 Å². The molecule has 0 unspecified atom stereocenters. The van der Waals surface area contributed by atoms with Gasteiger partial charge in [0.1, 0.15) is 13.1 Å². The molecule has 4 amide bonds. The summed E-state index contributed by atoms with van der Waals surface area (Å²) in [6, 6.07) is 3.26. The molecule has 2 aliphatic heterocycles. The van der Waals surface area contributed by atoms with Crippen LogP contribution in [0.3, 0.4) is 0 Å². The molecule has 1 aromatic rings. The standard InChI is InChI=1S/C15H18N4O4/c20-13(6-19-7-14(21)18-15(19)22)17-12-9-23-8-11(12)5-10-1-3-16-4-2-10/h1-4,11-12H,5-9H2,(H,17,20)(H,18,21,22)/t11-,12-/m1/s1. The number of aromatic nitrogens is 1. The number of carbonyl (C=O) groups is 3. The van der Waals surface area contributed by atoms with Crippen LogP contribution < -0.4 is 10.6 Å². The van der Waals surface area contributed by atoms with Crippen molar-refractivity contribution < 1.29 is 19.1 Å². The third-order valence-corrected chi connectivity index (χ3v) is 3.99. The van der Waals surface area contributed by atoms with Gasteiger partial charge in [-0.25, -0.2) is 4.79 Å². The van der Waals surface area contributed by atoms with Crippen molar-refractivity contribution in [3.63, 3.8) is 0 Å². The lowest BCUT2D eigenvalue weighted by Gasteiger charge is -2.20. The van der Waals surface area contributed by atoms with E-state index < -0.39 is 6.03 Å². The van der Waals surface area contributed by atoms with Crippen LogP contribution in [-0.2, 0) is 20.7 Å². The van der Waals surface area contributed by atoms with Crippen LogP contribution in [-0.4, -0.2) is 60.1 Å². The molecule has 8 heteroatoms. The molecule has 2 fully saturated rings. The maximum atomic E-state index is 12.1. The molecule has 8 nitrogen and oxygen atoms in total. The molecule has 122 valence electrons. The van der Waals surface area contributed by atoms with E-state index in [9.17, 15) is 14.4 Å².